The SMILES string of the molecule is CC(C)(C)OC(=O)NCc1cc(-c2cnc(C(F)(F)F)nc2)ncc1Br.CC(C)(C)OC(=O)NCc1cc(Br)ncc1Br. The summed E-state index contributed by atoms with van der Waals surface area (Å²) in [4.78, 5) is 38.0. The predicted octanol–water partition coefficient (Wildman–Crippen LogP) is 7.98. The van der Waals surface area contributed by atoms with Crippen molar-refractivity contribution in [3.05, 3.63) is 67.4 Å². The van der Waals surface area contributed by atoms with Gasteiger partial charge in [0.1, 0.15) is 15.8 Å². The zero-order chi connectivity index (χ0) is 32.6. The quantitative estimate of drug-likeness (QED) is 0.249. The lowest BCUT2D eigenvalue weighted by molar-refractivity contribution is -0.145. The van der Waals surface area contributed by atoms with Crippen LogP contribution in [0.25, 0.3) is 11.3 Å². The van der Waals surface area contributed by atoms with Crippen molar-refractivity contribution in [2.24, 2.45) is 0 Å². The molecule has 3 rings (SSSR count). The van der Waals surface area contributed by atoms with Crippen molar-refractivity contribution in [2.75, 3.05) is 0 Å². The Morgan fingerprint density at radius 3 is 1.60 bits per heavy atom. The van der Waals surface area contributed by atoms with Gasteiger partial charge in [0.2, 0.25) is 5.82 Å². The van der Waals surface area contributed by atoms with Crippen molar-refractivity contribution in [1.82, 2.24) is 30.6 Å². The Kier molecular flexibility index (Phi) is 12.9. The number of rotatable bonds is 5. The van der Waals surface area contributed by atoms with Crippen LogP contribution in [-0.4, -0.2) is 43.3 Å². The molecule has 3 aromatic rings. The third kappa shape index (κ3) is 13.5. The summed E-state index contributed by atoms with van der Waals surface area (Å²) in [6.07, 6.45) is -0.351. The number of pyridine rings is 2. The standard InChI is InChI=1S/C16H16BrF3N4O2.C11H14Br2N2O2/c1-15(2,3)26-14(25)24-5-9-4-12(21-8-11(9)17)10-6-22-13(23-7-10)16(18,19)20;1-11(2,3)17-10(16)15-5-7-4-9(13)14-6-8(7)12/h4,6-8H,5H2,1-3H3,(H,24,25);4,6H,5H2,1-3H3,(H,15,16). The van der Waals surface area contributed by atoms with E-state index < -0.39 is 35.4 Å². The minimum absolute atomic E-state index is 0.145. The summed E-state index contributed by atoms with van der Waals surface area (Å²) in [6.45, 7) is 11.2. The topological polar surface area (TPSA) is 128 Å². The lowest BCUT2D eigenvalue weighted by Gasteiger charge is -2.19. The van der Waals surface area contributed by atoms with Crippen LogP contribution in [-0.2, 0) is 28.7 Å². The molecule has 16 heteroatoms. The number of hydrogen-bond acceptors (Lipinski definition) is 8. The third-order valence-electron chi connectivity index (χ3n) is 4.68. The second-order valence-corrected chi connectivity index (χ2v) is 13.3. The first kappa shape index (κ1) is 36.3. The molecule has 0 unspecified atom stereocenters. The number of amides is 2. The molecule has 2 amide bonds. The Labute approximate surface area is 272 Å². The number of alkyl carbamates (subject to hydrolysis) is 2. The van der Waals surface area contributed by atoms with Crippen LogP contribution in [0.4, 0.5) is 22.8 Å². The van der Waals surface area contributed by atoms with Crippen molar-refractivity contribution in [3.63, 3.8) is 0 Å². The van der Waals surface area contributed by atoms with Gasteiger partial charge in [0.25, 0.3) is 0 Å². The molecule has 0 aliphatic carbocycles. The minimum Gasteiger partial charge on any atom is -0.444 e. The van der Waals surface area contributed by atoms with E-state index in [0.29, 0.717) is 27.8 Å². The average Bonchev–Trinajstić information content (AvgIpc) is 2.87. The van der Waals surface area contributed by atoms with E-state index in [2.05, 4.69) is 78.4 Å². The fourth-order valence-electron chi connectivity index (χ4n) is 2.93. The first-order valence-electron chi connectivity index (χ1n) is 12.5. The van der Waals surface area contributed by atoms with Gasteiger partial charge in [0.05, 0.1) is 5.69 Å². The van der Waals surface area contributed by atoms with E-state index >= 15 is 0 Å². The van der Waals surface area contributed by atoms with Gasteiger partial charge in [-0.2, -0.15) is 13.2 Å². The second kappa shape index (κ2) is 15.2. The Hall–Kier alpha value is -2.85. The van der Waals surface area contributed by atoms with E-state index in [-0.39, 0.29) is 6.54 Å². The Bertz CT molecular complexity index is 1410. The summed E-state index contributed by atoms with van der Waals surface area (Å²) in [6, 6.07) is 3.45. The Balaban J connectivity index is 0.000000329. The van der Waals surface area contributed by atoms with Crippen molar-refractivity contribution in [2.45, 2.75) is 72.0 Å². The molecule has 0 saturated heterocycles. The van der Waals surface area contributed by atoms with Crippen LogP contribution in [0.5, 0.6) is 0 Å². The van der Waals surface area contributed by atoms with Gasteiger partial charge in [-0.05, 0) is 113 Å². The van der Waals surface area contributed by atoms with E-state index in [4.69, 9.17) is 9.47 Å². The van der Waals surface area contributed by atoms with E-state index in [9.17, 15) is 22.8 Å². The van der Waals surface area contributed by atoms with Gasteiger partial charge in [-0.1, -0.05) is 0 Å². The molecule has 234 valence electrons. The molecule has 0 fully saturated rings. The molecule has 10 nitrogen and oxygen atoms in total. The molecule has 0 bridgehead atoms. The summed E-state index contributed by atoms with van der Waals surface area (Å²) in [5.41, 5.74) is 1.19. The maximum absolute atomic E-state index is 12.5. The average molecular weight is 799 g/mol. The van der Waals surface area contributed by atoms with Gasteiger partial charge in [0, 0.05) is 52.4 Å². The number of nitrogens with zero attached hydrogens (tertiary/aromatic N) is 4. The number of ether oxygens (including phenoxy) is 2. The molecule has 0 saturated carbocycles. The Morgan fingerprint density at radius 1 is 0.721 bits per heavy atom. The molecule has 0 aromatic carbocycles. The van der Waals surface area contributed by atoms with Gasteiger partial charge in [0.15, 0.2) is 0 Å². The van der Waals surface area contributed by atoms with Crippen LogP contribution in [0, 0.1) is 0 Å². The zero-order valence-electron chi connectivity index (χ0n) is 24.1. The van der Waals surface area contributed by atoms with E-state index in [1.807, 2.05) is 26.8 Å². The summed E-state index contributed by atoms with van der Waals surface area (Å²) < 4.78 is 50.1. The highest BCUT2D eigenvalue weighted by Crippen LogP contribution is 2.27. The number of halogens is 6. The zero-order valence-corrected chi connectivity index (χ0v) is 28.8. The second-order valence-electron chi connectivity index (χ2n) is 10.8. The van der Waals surface area contributed by atoms with Crippen LogP contribution in [0.2, 0.25) is 0 Å². The largest absolute Gasteiger partial charge is 0.451 e. The number of hydrogen-bond donors (Lipinski definition) is 2. The predicted molar refractivity (Wildman–Crippen MR) is 164 cm³/mol. The highest BCUT2D eigenvalue weighted by Gasteiger charge is 2.34. The molecule has 0 spiro atoms. The number of aromatic nitrogens is 4. The molecule has 0 aliphatic heterocycles. The van der Waals surface area contributed by atoms with E-state index in [0.717, 1.165) is 27.0 Å². The molecule has 43 heavy (non-hydrogen) atoms. The number of nitrogens with one attached hydrogen (secondary N) is 2. The number of carbonyl (C=O) groups is 2. The summed E-state index contributed by atoms with van der Waals surface area (Å²) in [7, 11) is 0. The smallest absolute Gasteiger partial charge is 0.444 e. The Morgan fingerprint density at radius 2 is 1.16 bits per heavy atom. The van der Waals surface area contributed by atoms with E-state index in [1.165, 1.54) is 6.20 Å². The maximum Gasteiger partial charge on any atom is 0.451 e. The molecule has 0 aliphatic rings. The summed E-state index contributed by atoms with van der Waals surface area (Å²) >= 11 is 9.96. The molecule has 2 N–H and O–H groups in total. The summed E-state index contributed by atoms with van der Waals surface area (Å²) in [5, 5.41) is 5.29. The molecule has 0 radical (unpaired) electrons. The first-order valence-corrected chi connectivity index (χ1v) is 14.9. The van der Waals surface area contributed by atoms with Crippen molar-refractivity contribution >= 4 is 60.0 Å². The van der Waals surface area contributed by atoms with Crippen LogP contribution in [0.1, 0.15) is 58.5 Å². The number of carbonyl (C=O) groups excluding carboxylic acids is 2. The monoisotopic (exact) mass is 796 g/mol. The number of alkyl halides is 3. The fourth-order valence-corrected chi connectivity index (χ4v) is 4.02. The molecular formula is C27H30Br3F3N6O4. The highest BCUT2D eigenvalue weighted by atomic mass is 79.9. The van der Waals surface area contributed by atoms with Crippen LogP contribution < -0.4 is 10.6 Å². The van der Waals surface area contributed by atoms with Gasteiger partial charge in [-0.25, -0.2) is 24.5 Å². The van der Waals surface area contributed by atoms with Gasteiger partial charge < -0.3 is 20.1 Å². The molecule has 3 heterocycles. The third-order valence-corrected chi connectivity index (χ3v) is 6.54. The maximum atomic E-state index is 12.5. The van der Waals surface area contributed by atoms with Crippen molar-refractivity contribution in [1.29, 1.82) is 0 Å². The van der Waals surface area contributed by atoms with Crippen molar-refractivity contribution in [3.8, 4) is 11.3 Å². The first-order chi connectivity index (χ1) is 19.7. The van der Waals surface area contributed by atoms with Gasteiger partial charge in [-0.15, -0.1) is 0 Å². The molecular weight excluding hydrogens is 769 g/mol. The van der Waals surface area contributed by atoms with E-state index in [1.54, 1.807) is 33.0 Å². The highest BCUT2D eigenvalue weighted by molar-refractivity contribution is 9.11. The van der Waals surface area contributed by atoms with Crippen LogP contribution in [0.3, 0.4) is 0 Å². The molecule has 0 atom stereocenters. The lowest BCUT2D eigenvalue weighted by atomic mass is 10.1. The van der Waals surface area contributed by atoms with Gasteiger partial charge >= 0.3 is 18.4 Å². The van der Waals surface area contributed by atoms with Crippen LogP contribution >= 0.6 is 47.8 Å². The normalized spacial score (nSPS) is 11.6. The summed E-state index contributed by atoms with van der Waals surface area (Å²) in [5.74, 6) is -1.22. The van der Waals surface area contributed by atoms with Gasteiger partial charge in [-0.3, -0.25) is 4.98 Å². The minimum atomic E-state index is -4.60. The lowest BCUT2D eigenvalue weighted by Crippen LogP contribution is -2.32. The van der Waals surface area contributed by atoms with Crippen molar-refractivity contribution < 1.29 is 32.2 Å². The van der Waals surface area contributed by atoms with Crippen LogP contribution in [0.15, 0.2) is 50.5 Å². The molecule has 3 aromatic heterocycles. The fraction of sp³-hybridized carbons (Fsp3) is 0.407.